The minimum atomic E-state index is -5.91. The van der Waals surface area contributed by atoms with Crippen molar-refractivity contribution in [1.82, 2.24) is 4.98 Å². The predicted octanol–water partition coefficient (Wildman–Crippen LogP) is 2.70. The molecule has 1 atom stereocenters. The molecule has 6 aromatic rings. The number of sulfone groups is 1. The fraction of sp³-hybridized carbons (Fsp3) is 0.0750. The largest absolute Gasteiger partial charge is 0.481 e. The molecule has 1 aromatic heterocycles. The van der Waals surface area contributed by atoms with Gasteiger partial charge in [-0.2, -0.15) is 42.1 Å². The number of nitrogens with one attached hydrogen (secondary N) is 2. The second kappa shape index (κ2) is 17.7. The van der Waals surface area contributed by atoms with Crippen LogP contribution in [0.4, 0.5) is 11.4 Å². The van der Waals surface area contributed by atoms with Gasteiger partial charge in [0.2, 0.25) is 0 Å². The lowest BCUT2D eigenvalue weighted by Gasteiger charge is -2.25. The average molecular weight is 1100 g/mol. The number of H-pyrrole nitrogens is 1. The topological polar surface area (TPSA) is 439 Å². The molecule has 0 fully saturated rings. The number of aliphatic carboxylic acids is 1. The van der Waals surface area contributed by atoms with E-state index in [2.05, 4.69) is 10.3 Å². The molecular weight excluding hydrogens is 1070 g/mol. The van der Waals surface area contributed by atoms with E-state index >= 15 is 0 Å². The summed E-state index contributed by atoms with van der Waals surface area (Å²) in [7, 11) is -32.8. The molecule has 25 nitrogen and oxygen atoms in total. The number of anilines is 2. The van der Waals surface area contributed by atoms with Crippen LogP contribution in [0.3, 0.4) is 0 Å². The number of hydrogen-bond donors (Lipinski definition) is 8. The number of pyridine rings is 1. The van der Waals surface area contributed by atoms with Gasteiger partial charge >= 0.3 is 5.97 Å². The van der Waals surface area contributed by atoms with Crippen molar-refractivity contribution < 1.29 is 97.6 Å². The van der Waals surface area contributed by atoms with E-state index in [1.54, 1.807) is 0 Å². The number of benzene rings is 5. The van der Waals surface area contributed by atoms with Gasteiger partial charge in [-0.1, -0.05) is 48.5 Å². The molecule has 1 aliphatic rings. The van der Waals surface area contributed by atoms with Gasteiger partial charge in [-0.05, 0) is 54.4 Å². The molecule has 0 saturated heterocycles. The molecule has 0 spiro atoms. The maximum atomic E-state index is 14.6. The molecule has 7 rings (SSSR count). The van der Waals surface area contributed by atoms with E-state index in [1.807, 2.05) is 0 Å². The van der Waals surface area contributed by atoms with Crippen LogP contribution in [-0.2, 0) is 65.2 Å². The highest BCUT2D eigenvalue weighted by Crippen LogP contribution is 2.46. The van der Waals surface area contributed by atoms with E-state index < -0.39 is 187 Å². The lowest BCUT2D eigenvalue weighted by molar-refractivity contribution is -0.140. The second-order valence-corrected chi connectivity index (χ2v) is 24.3. The third-order valence-corrected chi connectivity index (χ3v) is 17.0. The van der Waals surface area contributed by atoms with E-state index in [9.17, 15) is 102 Å². The van der Waals surface area contributed by atoms with Crippen LogP contribution in [0.5, 0.6) is 0 Å². The van der Waals surface area contributed by atoms with Crippen LogP contribution < -0.4 is 10.9 Å². The van der Waals surface area contributed by atoms with Crippen LogP contribution in [0.1, 0.15) is 48.6 Å². The van der Waals surface area contributed by atoms with Crippen molar-refractivity contribution in [3.05, 3.63) is 129 Å². The molecule has 372 valence electrons. The first-order valence-electron chi connectivity index (χ1n) is 19.1. The molecule has 1 unspecified atom stereocenters. The van der Waals surface area contributed by atoms with Crippen LogP contribution in [-0.4, -0.2) is 112 Å². The van der Waals surface area contributed by atoms with Gasteiger partial charge in [0, 0.05) is 27.6 Å². The summed E-state index contributed by atoms with van der Waals surface area (Å²) in [5.74, 6) is -9.80. The van der Waals surface area contributed by atoms with Crippen molar-refractivity contribution in [2.24, 2.45) is 5.92 Å². The Kier molecular flexibility index (Phi) is 13.0. The summed E-state index contributed by atoms with van der Waals surface area (Å²) in [6.07, 6.45) is -1.26. The Morgan fingerprint density at radius 1 is 0.549 bits per heavy atom. The zero-order valence-electron chi connectivity index (χ0n) is 34.7. The zero-order chi connectivity index (χ0) is 52.7. The Bertz CT molecular complexity index is 4190. The van der Waals surface area contributed by atoms with E-state index in [0.717, 1.165) is 42.5 Å². The highest BCUT2D eigenvalue weighted by Gasteiger charge is 2.38. The number of aromatic nitrogens is 1. The summed E-state index contributed by atoms with van der Waals surface area (Å²) in [6, 6.07) is 12.1. The Morgan fingerprint density at radius 2 is 1.07 bits per heavy atom. The van der Waals surface area contributed by atoms with Crippen molar-refractivity contribution >= 4 is 106 Å². The van der Waals surface area contributed by atoms with Gasteiger partial charge in [-0.3, -0.25) is 46.7 Å². The van der Waals surface area contributed by atoms with Crippen molar-refractivity contribution in [2.75, 3.05) is 11.1 Å². The molecule has 0 radical (unpaired) electrons. The number of ketones is 3. The Labute approximate surface area is 399 Å². The van der Waals surface area contributed by atoms with E-state index in [4.69, 9.17) is 0 Å². The molecular formula is C40H28N2O23S6. The fourth-order valence-corrected chi connectivity index (χ4v) is 12.8. The number of hydrogen-bond acceptors (Lipinski definition) is 18. The molecule has 1 heterocycles. The Hall–Kier alpha value is -6.91. The summed E-state index contributed by atoms with van der Waals surface area (Å²) >= 11 is 0. The minimum absolute atomic E-state index is 0.116. The minimum Gasteiger partial charge on any atom is -0.481 e. The summed E-state index contributed by atoms with van der Waals surface area (Å²) in [6.45, 7) is 0. The van der Waals surface area contributed by atoms with Crippen molar-refractivity contribution in [3.8, 4) is 11.1 Å². The van der Waals surface area contributed by atoms with Gasteiger partial charge in [0.15, 0.2) is 27.2 Å². The number of carboxylic acid groups (broad SMARTS) is 1. The molecule has 71 heavy (non-hydrogen) atoms. The zero-order valence-corrected chi connectivity index (χ0v) is 39.6. The van der Waals surface area contributed by atoms with Crippen LogP contribution in [0.25, 0.3) is 22.0 Å². The third kappa shape index (κ3) is 9.92. The van der Waals surface area contributed by atoms with Gasteiger partial charge in [0.25, 0.3) is 56.1 Å². The maximum absolute atomic E-state index is 14.6. The molecule has 1 aliphatic carbocycles. The fourth-order valence-electron chi connectivity index (χ4n) is 7.65. The molecule has 31 heteroatoms. The Morgan fingerprint density at radius 3 is 1.61 bits per heavy atom. The van der Waals surface area contributed by atoms with E-state index in [-0.39, 0.29) is 23.3 Å². The first-order chi connectivity index (χ1) is 32.6. The van der Waals surface area contributed by atoms with E-state index in [0.29, 0.717) is 18.2 Å². The van der Waals surface area contributed by atoms with Crippen LogP contribution in [0.2, 0.25) is 0 Å². The number of carbonyl (C=O) groups excluding carboxylic acids is 3. The molecule has 0 amide bonds. The second-order valence-electron chi connectivity index (χ2n) is 15.2. The first-order valence-corrected chi connectivity index (χ1v) is 28.0. The van der Waals surface area contributed by atoms with E-state index in [1.165, 1.54) is 18.2 Å². The standard InChI is InChI=1S/C40H28N2O23S6/c43-36(18-5-3-7-20(13-18)67(51,52)53)24(40(47)48)11-12-66(49,50)28-15-25(27(69(57,58)59)17-29(28)70(60,61)62)41-26-16-30(71(63,64)65)35-33-31(22-9-1-2-10-23(22)38(45)32(26)33)34(39(46)42-35)37(44)19-6-4-8-21(14-19)68(54,55)56/h1-10,13-17,24,41H,11-12H2,(H,42,46)(H,47,48)(H,51,52,53)(H,54,55,56)(H,57,58,59)(H,60,61,62)(H,63,64,65). The monoisotopic (exact) mass is 1100 g/mol. The highest BCUT2D eigenvalue weighted by molar-refractivity contribution is 7.93. The molecule has 5 aromatic carbocycles. The number of carbonyl (C=O) groups is 4. The quantitative estimate of drug-likeness (QED) is 0.0392. The van der Waals surface area contributed by atoms with Crippen molar-refractivity contribution in [1.29, 1.82) is 0 Å². The summed E-state index contributed by atoms with van der Waals surface area (Å²) in [5.41, 5.74) is -8.67. The lowest BCUT2D eigenvalue weighted by Crippen LogP contribution is -2.27. The summed E-state index contributed by atoms with van der Waals surface area (Å²) in [4.78, 5) is 62.5. The van der Waals surface area contributed by atoms with Crippen LogP contribution in [0.15, 0.2) is 125 Å². The first kappa shape index (κ1) is 51.9. The SMILES string of the molecule is O=C(c1cccc(S(=O)(=O)O)c1)c1c2c3c(c(Nc4cc(S(=O)(=O)CCC(C(=O)O)C(=O)c5cccc(S(=O)(=O)O)c5)c(S(=O)(=O)O)cc4S(=O)(=O)O)cc(S(=O)(=O)O)c3[nH]c1=O)C(=O)c1ccccc1-2. The van der Waals surface area contributed by atoms with Gasteiger partial charge in [-0.15, -0.1) is 0 Å². The number of fused-ring (bicyclic) bond motifs is 2. The van der Waals surface area contributed by atoms with Gasteiger partial charge in [0.1, 0.15) is 20.6 Å². The third-order valence-electron chi connectivity index (χ3n) is 10.7. The number of carboxylic acids is 1. The van der Waals surface area contributed by atoms with Gasteiger partial charge < -0.3 is 15.4 Å². The molecule has 0 aliphatic heterocycles. The van der Waals surface area contributed by atoms with Crippen LogP contribution in [0, 0.1) is 5.92 Å². The summed E-state index contributed by atoms with van der Waals surface area (Å²) < 4.78 is 203. The molecule has 0 bridgehead atoms. The number of rotatable bonds is 16. The maximum Gasteiger partial charge on any atom is 0.314 e. The lowest BCUT2D eigenvalue weighted by atomic mass is 9.80. The Balaban J connectivity index is 1.48. The summed E-state index contributed by atoms with van der Waals surface area (Å²) in [5, 5.41) is 11.4. The smallest absolute Gasteiger partial charge is 0.314 e. The molecule has 8 N–H and O–H groups in total. The number of Topliss-reactive ketones (excluding diaryl/α,β-unsaturated/α-hetero) is 1. The van der Waals surface area contributed by atoms with Crippen LogP contribution >= 0.6 is 0 Å². The normalized spacial score (nSPS) is 13.6. The van der Waals surface area contributed by atoms with Gasteiger partial charge in [-0.25, -0.2) is 8.42 Å². The predicted molar refractivity (Wildman–Crippen MR) is 241 cm³/mol. The highest BCUT2D eigenvalue weighted by atomic mass is 32.2. The average Bonchev–Trinajstić information content (AvgIpc) is 3.26. The molecule has 0 saturated carbocycles. The van der Waals surface area contributed by atoms with Crippen molar-refractivity contribution in [2.45, 2.75) is 35.8 Å². The van der Waals surface area contributed by atoms with Gasteiger partial charge in [0.05, 0.1) is 48.5 Å². The van der Waals surface area contributed by atoms with Crippen molar-refractivity contribution in [3.63, 3.8) is 0 Å². The number of aromatic amines is 1.